The van der Waals surface area contributed by atoms with Crippen LogP contribution in [0.2, 0.25) is 0 Å². The zero-order valence-electron chi connectivity index (χ0n) is 18.2. The number of nitrogens with zero attached hydrogens (tertiary/aromatic N) is 2. The molecule has 6 heteroatoms. The molecule has 4 atom stereocenters. The molecule has 1 aromatic carbocycles. The van der Waals surface area contributed by atoms with Gasteiger partial charge in [-0.1, -0.05) is 30.8 Å². The summed E-state index contributed by atoms with van der Waals surface area (Å²) in [7, 11) is 0. The monoisotopic (exact) mass is 413 g/mol. The predicted molar refractivity (Wildman–Crippen MR) is 119 cm³/mol. The van der Waals surface area contributed by atoms with Gasteiger partial charge in [0.15, 0.2) is 0 Å². The van der Waals surface area contributed by atoms with Crippen molar-refractivity contribution in [3.05, 3.63) is 29.1 Å². The fraction of sp³-hybridized carbons (Fsp3) is 0.625. The van der Waals surface area contributed by atoms with E-state index in [1.165, 1.54) is 25.3 Å². The smallest absolute Gasteiger partial charge is 0.279 e. The number of aryl methyl sites for hydroxylation is 1. The van der Waals surface area contributed by atoms with Gasteiger partial charge >= 0.3 is 0 Å². The number of unbranched alkanes of at least 4 members (excludes halogenated alkanes) is 1. The number of fused-ring (bicyclic) bond motifs is 1. The van der Waals surface area contributed by atoms with E-state index in [1.807, 2.05) is 13.3 Å². The molecule has 4 rings (SSSR count). The number of halogens is 1. The van der Waals surface area contributed by atoms with E-state index < -0.39 is 0 Å². The van der Waals surface area contributed by atoms with Gasteiger partial charge < -0.3 is 10.6 Å². The fourth-order valence-corrected chi connectivity index (χ4v) is 5.13. The standard InChI is InChI=1S/C24H33FN4O/c1-3-4-10-29-14-18(13-26-15-29)17-6-5-7-19(11-17)27-24(30)22-12-20-21(25)9-8-16(2)23(20)28-22/h8-9,14-15,17-19,22,28H,3-7,10-13H2,1-2H3/p+1/t17-,18?,19+,22?/m0/s1. The number of amides is 1. The van der Waals surface area contributed by atoms with Crippen LogP contribution >= 0.6 is 0 Å². The zero-order chi connectivity index (χ0) is 21.1. The number of hydrogen-bond acceptors (Lipinski definition) is 3. The quantitative estimate of drug-likeness (QED) is 0.699. The number of benzene rings is 1. The van der Waals surface area contributed by atoms with Crippen molar-refractivity contribution in [2.75, 3.05) is 18.4 Å². The molecule has 5 nitrogen and oxygen atoms in total. The van der Waals surface area contributed by atoms with Gasteiger partial charge in [-0.25, -0.2) is 8.97 Å². The first-order valence-electron chi connectivity index (χ1n) is 11.5. The summed E-state index contributed by atoms with van der Waals surface area (Å²) < 4.78 is 16.4. The number of anilines is 1. The van der Waals surface area contributed by atoms with Crippen molar-refractivity contribution in [3.63, 3.8) is 0 Å². The van der Waals surface area contributed by atoms with Crippen molar-refractivity contribution in [2.45, 2.75) is 70.9 Å². The zero-order valence-corrected chi connectivity index (χ0v) is 18.2. The van der Waals surface area contributed by atoms with Gasteiger partial charge in [0.1, 0.15) is 18.4 Å². The summed E-state index contributed by atoms with van der Waals surface area (Å²) in [5.74, 6) is 0.777. The number of carbonyl (C=O) groups is 1. The maximum absolute atomic E-state index is 14.1. The van der Waals surface area contributed by atoms with Crippen LogP contribution in [0, 0.1) is 24.6 Å². The molecule has 0 bridgehead atoms. The predicted octanol–water partition coefficient (Wildman–Crippen LogP) is 3.69. The third-order valence-corrected chi connectivity index (χ3v) is 6.87. The summed E-state index contributed by atoms with van der Waals surface area (Å²) in [4.78, 5) is 17.5. The molecule has 2 aliphatic heterocycles. The summed E-state index contributed by atoms with van der Waals surface area (Å²) in [6.07, 6.45) is 11.5. The van der Waals surface area contributed by atoms with E-state index >= 15 is 0 Å². The van der Waals surface area contributed by atoms with E-state index in [4.69, 9.17) is 0 Å². The molecule has 1 saturated carbocycles. The fourth-order valence-electron chi connectivity index (χ4n) is 5.13. The second-order valence-corrected chi connectivity index (χ2v) is 9.14. The summed E-state index contributed by atoms with van der Waals surface area (Å²) in [6.45, 7) is 6.05. The van der Waals surface area contributed by atoms with Gasteiger partial charge in [0, 0.05) is 23.7 Å². The Bertz CT molecular complexity index is 819. The highest BCUT2D eigenvalue weighted by molar-refractivity contribution is 5.88. The molecule has 3 aliphatic rings. The van der Waals surface area contributed by atoms with Crippen molar-refractivity contribution >= 4 is 24.1 Å². The van der Waals surface area contributed by atoms with Crippen LogP contribution in [0.4, 0.5) is 10.1 Å². The van der Waals surface area contributed by atoms with Crippen LogP contribution in [0.25, 0.3) is 0 Å². The molecule has 0 radical (unpaired) electrons. The highest BCUT2D eigenvalue weighted by Gasteiger charge is 2.34. The minimum Gasteiger partial charge on any atom is -0.373 e. The molecule has 2 N–H and O–H groups in total. The molecule has 0 aromatic heterocycles. The summed E-state index contributed by atoms with van der Waals surface area (Å²) in [5, 5.41) is 6.51. The molecule has 1 fully saturated rings. The lowest BCUT2D eigenvalue weighted by molar-refractivity contribution is -0.399. The Morgan fingerprint density at radius 1 is 1.37 bits per heavy atom. The third-order valence-electron chi connectivity index (χ3n) is 6.87. The van der Waals surface area contributed by atoms with Gasteiger partial charge in [-0.3, -0.25) is 4.79 Å². The molecule has 2 heterocycles. The summed E-state index contributed by atoms with van der Waals surface area (Å²) in [6, 6.07) is 3.07. The topological polar surface area (TPSA) is 56.5 Å². The molecule has 1 aromatic rings. The largest absolute Gasteiger partial charge is 0.373 e. The molecule has 1 amide bonds. The maximum atomic E-state index is 14.1. The Morgan fingerprint density at radius 2 is 2.23 bits per heavy atom. The molecule has 162 valence electrons. The van der Waals surface area contributed by atoms with E-state index in [-0.39, 0.29) is 23.8 Å². The average molecular weight is 414 g/mol. The van der Waals surface area contributed by atoms with Crippen molar-refractivity contribution in [1.29, 1.82) is 0 Å². The number of aliphatic imine (C=N–C) groups is 1. The van der Waals surface area contributed by atoms with Crippen LogP contribution in [-0.4, -0.2) is 48.2 Å². The van der Waals surface area contributed by atoms with Crippen molar-refractivity contribution in [3.8, 4) is 0 Å². The number of rotatable bonds is 6. The minimum absolute atomic E-state index is 0.00846. The number of carbonyl (C=O) groups excluding carboxylic acids is 1. The minimum atomic E-state index is -0.383. The Labute approximate surface area is 178 Å². The van der Waals surface area contributed by atoms with Crippen LogP contribution in [0.15, 0.2) is 17.1 Å². The van der Waals surface area contributed by atoms with Crippen molar-refractivity contribution < 1.29 is 13.8 Å². The lowest BCUT2D eigenvalue weighted by Gasteiger charge is -2.33. The van der Waals surface area contributed by atoms with Gasteiger partial charge in [-0.05, 0) is 50.2 Å². The molecular formula is C24H34FN4O+. The maximum Gasteiger partial charge on any atom is 0.279 e. The SMILES string of the molecule is CCCC[N+]1=CC([C@H]2CCC[C@@H](NC(=O)C3Cc4c(F)ccc(C)c4N3)C2)CN=C1. The molecule has 30 heavy (non-hydrogen) atoms. The second-order valence-electron chi connectivity index (χ2n) is 9.14. The normalized spacial score (nSPS) is 27.9. The van der Waals surface area contributed by atoms with Crippen LogP contribution in [0.1, 0.15) is 56.6 Å². The number of nitrogens with one attached hydrogen (secondary N) is 2. The Balaban J connectivity index is 1.34. The lowest BCUT2D eigenvalue weighted by Crippen LogP contribution is -2.46. The van der Waals surface area contributed by atoms with E-state index in [1.54, 1.807) is 6.07 Å². The molecule has 2 unspecified atom stereocenters. The van der Waals surface area contributed by atoms with Gasteiger partial charge in [0.2, 0.25) is 5.91 Å². The summed E-state index contributed by atoms with van der Waals surface area (Å²) in [5.41, 5.74) is 2.41. The number of hydrogen-bond donors (Lipinski definition) is 2. The molecule has 1 aliphatic carbocycles. The third kappa shape index (κ3) is 4.57. The van der Waals surface area contributed by atoms with E-state index in [2.05, 4.69) is 33.3 Å². The van der Waals surface area contributed by atoms with Gasteiger partial charge in [-0.15, -0.1) is 0 Å². The molecule has 0 spiro atoms. The Morgan fingerprint density at radius 3 is 3.03 bits per heavy atom. The Kier molecular flexibility index (Phi) is 6.49. The van der Waals surface area contributed by atoms with E-state index in [0.717, 1.165) is 43.6 Å². The van der Waals surface area contributed by atoms with E-state index in [9.17, 15) is 9.18 Å². The van der Waals surface area contributed by atoms with Crippen molar-refractivity contribution in [2.24, 2.45) is 16.8 Å². The Hall–Kier alpha value is -2.24. The van der Waals surface area contributed by atoms with Crippen LogP contribution in [0.3, 0.4) is 0 Å². The molecule has 0 saturated heterocycles. The average Bonchev–Trinajstić information content (AvgIpc) is 3.22. The van der Waals surface area contributed by atoms with Crippen LogP contribution < -0.4 is 10.6 Å². The van der Waals surface area contributed by atoms with Gasteiger partial charge in [0.25, 0.3) is 6.34 Å². The second kappa shape index (κ2) is 9.27. The van der Waals surface area contributed by atoms with E-state index in [0.29, 0.717) is 23.8 Å². The van der Waals surface area contributed by atoms with Gasteiger partial charge in [0.05, 0.1) is 18.7 Å². The highest BCUT2D eigenvalue weighted by Crippen LogP contribution is 2.33. The van der Waals surface area contributed by atoms with Gasteiger partial charge in [-0.2, -0.15) is 0 Å². The first kappa shape index (κ1) is 21.0. The first-order chi connectivity index (χ1) is 14.5. The van der Waals surface area contributed by atoms with Crippen molar-refractivity contribution in [1.82, 2.24) is 5.32 Å². The molecular weight excluding hydrogens is 379 g/mol. The summed E-state index contributed by atoms with van der Waals surface area (Å²) >= 11 is 0. The van der Waals surface area contributed by atoms with Crippen LogP contribution in [0.5, 0.6) is 0 Å². The lowest BCUT2D eigenvalue weighted by atomic mass is 9.78. The van der Waals surface area contributed by atoms with Crippen LogP contribution in [-0.2, 0) is 11.2 Å². The highest BCUT2D eigenvalue weighted by atomic mass is 19.1. The first-order valence-corrected chi connectivity index (χ1v) is 11.5.